The number of nitrogens with one attached hydrogen (secondary N) is 1. The first-order chi connectivity index (χ1) is 18.4. The number of halogens is 1. The van der Waals surface area contributed by atoms with Gasteiger partial charge >= 0.3 is 0 Å². The Labute approximate surface area is 230 Å². The number of rotatable bonds is 11. The fraction of sp³-hybridized carbons (Fsp3) is 0.333. The van der Waals surface area contributed by atoms with Crippen LogP contribution in [0.25, 0.3) is 0 Å². The normalized spacial score (nSPS) is 12.9. The van der Waals surface area contributed by atoms with Crippen LogP contribution in [0, 0.1) is 19.7 Å². The Bertz CT molecular complexity index is 1400. The number of amides is 2. The molecule has 2 atom stereocenters. The zero-order valence-electron chi connectivity index (χ0n) is 23.0. The summed E-state index contributed by atoms with van der Waals surface area (Å²) in [6.45, 7) is 8.67. The molecular weight excluding hydrogens is 517 g/mol. The maximum Gasteiger partial charge on any atom is 0.264 e. The molecule has 3 aromatic rings. The van der Waals surface area contributed by atoms with E-state index in [1.807, 2.05) is 27.7 Å². The molecule has 0 fully saturated rings. The van der Waals surface area contributed by atoms with Crippen molar-refractivity contribution in [3.05, 3.63) is 95.3 Å². The van der Waals surface area contributed by atoms with Gasteiger partial charge in [-0.15, -0.1) is 0 Å². The Kier molecular flexibility index (Phi) is 9.86. The minimum Gasteiger partial charge on any atom is -0.352 e. The van der Waals surface area contributed by atoms with Gasteiger partial charge in [0.2, 0.25) is 11.8 Å². The lowest BCUT2D eigenvalue weighted by Gasteiger charge is -2.32. The predicted octanol–water partition coefficient (Wildman–Crippen LogP) is 4.97. The monoisotopic (exact) mass is 553 g/mol. The molecule has 0 aromatic heterocycles. The largest absolute Gasteiger partial charge is 0.352 e. The number of nitrogens with zero attached hydrogens (tertiary/aromatic N) is 2. The van der Waals surface area contributed by atoms with E-state index in [9.17, 15) is 22.4 Å². The van der Waals surface area contributed by atoms with Crippen LogP contribution < -0.4 is 9.62 Å². The fourth-order valence-electron chi connectivity index (χ4n) is 3.96. The molecule has 9 heteroatoms. The molecule has 0 radical (unpaired) electrons. The average molecular weight is 554 g/mol. The van der Waals surface area contributed by atoms with Crippen LogP contribution in [0.4, 0.5) is 10.1 Å². The summed E-state index contributed by atoms with van der Waals surface area (Å²) in [6.07, 6.45) is 0.709. The molecule has 0 unspecified atom stereocenters. The van der Waals surface area contributed by atoms with Gasteiger partial charge in [-0.05, 0) is 87.2 Å². The number of benzene rings is 3. The van der Waals surface area contributed by atoms with Crippen LogP contribution >= 0.6 is 0 Å². The van der Waals surface area contributed by atoms with E-state index >= 15 is 0 Å². The highest BCUT2D eigenvalue weighted by Crippen LogP contribution is 2.26. The molecule has 0 heterocycles. The summed E-state index contributed by atoms with van der Waals surface area (Å²) in [5.74, 6) is -1.35. The lowest BCUT2D eigenvalue weighted by Crippen LogP contribution is -2.52. The van der Waals surface area contributed by atoms with Crippen LogP contribution in [0.1, 0.15) is 43.9 Å². The number of anilines is 1. The quantitative estimate of drug-likeness (QED) is 0.363. The number of aryl methyl sites for hydroxylation is 2. The van der Waals surface area contributed by atoms with Gasteiger partial charge in [-0.3, -0.25) is 13.9 Å². The smallest absolute Gasteiger partial charge is 0.264 e. The van der Waals surface area contributed by atoms with Gasteiger partial charge in [0.05, 0.1) is 10.6 Å². The van der Waals surface area contributed by atoms with Gasteiger partial charge in [0.15, 0.2) is 0 Å². The summed E-state index contributed by atoms with van der Waals surface area (Å²) in [4.78, 5) is 28.3. The molecule has 2 amide bonds. The topological polar surface area (TPSA) is 86.8 Å². The lowest BCUT2D eigenvalue weighted by atomic mass is 10.1. The highest BCUT2D eigenvalue weighted by Gasteiger charge is 2.32. The summed E-state index contributed by atoms with van der Waals surface area (Å²) in [7, 11) is -4.12. The second-order valence-corrected chi connectivity index (χ2v) is 11.6. The van der Waals surface area contributed by atoms with E-state index in [-0.39, 0.29) is 23.4 Å². The lowest BCUT2D eigenvalue weighted by molar-refractivity contribution is -0.139. The van der Waals surface area contributed by atoms with Gasteiger partial charge in [-0.25, -0.2) is 12.8 Å². The summed E-state index contributed by atoms with van der Waals surface area (Å²) in [5, 5.41) is 2.89. The highest BCUT2D eigenvalue weighted by atomic mass is 32.2. The molecule has 208 valence electrons. The van der Waals surface area contributed by atoms with Crippen molar-refractivity contribution in [2.45, 2.75) is 64.6 Å². The Morgan fingerprint density at radius 2 is 1.56 bits per heavy atom. The second kappa shape index (κ2) is 12.9. The molecule has 0 spiro atoms. The molecule has 39 heavy (non-hydrogen) atoms. The molecule has 0 aliphatic carbocycles. The number of carbonyl (C=O) groups excluding carboxylic acids is 2. The van der Waals surface area contributed by atoms with E-state index in [2.05, 4.69) is 5.32 Å². The molecule has 1 N–H and O–H groups in total. The Hall–Kier alpha value is -3.72. The van der Waals surface area contributed by atoms with Crippen LogP contribution in [0.2, 0.25) is 0 Å². The van der Waals surface area contributed by atoms with Crippen molar-refractivity contribution in [1.29, 1.82) is 0 Å². The summed E-state index contributed by atoms with van der Waals surface area (Å²) >= 11 is 0. The number of sulfonamides is 1. The molecule has 3 aromatic carbocycles. The standard InChI is InChI=1S/C30H36FN3O4S/c1-6-23(4)32-30(36)24(5)33(19-25-13-15-26(31)16-14-25)29(35)20-34(27-17-12-21(2)22(3)18-27)39(37,38)28-10-8-7-9-11-28/h7-18,23-24H,6,19-20H2,1-5H3,(H,32,36)/t23-,24+/m0/s1. The van der Waals surface area contributed by atoms with Gasteiger partial charge in [-0.2, -0.15) is 0 Å². The summed E-state index contributed by atoms with van der Waals surface area (Å²) in [5.41, 5.74) is 2.80. The average Bonchev–Trinajstić information content (AvgIpc) is 2.92. The summed E-state index contributed by atoms with van der Waals surface area (Å²) in [6, 6.07) is 17.7. The molecule has 0 saturated heterocycles. The first-order valence-corrected chi connectivity index (χ1v) is 14.4. The van der Waals surface area contributed by atoms with Crippen molar-refractivity contribution in [3.8, 4) is 0 Å². The Morgan fingerprint density at radius 3 is 2.15 bits per heavy atom. The predicted molar refractivity (Wildman–Crippen MR) is 151 cm³/mol. The van der Waals surface area contributed by atoms with Gasteiger partial charge in [0.25, 0.3) is 10.0 Å². The van der Waals surface area contributed by atoms with E-state index in [1.165, 1.54) is 41.3 Å². The molecular formula is C30H36FN3O4S. The first-order valence-electron chi connectivity index (χ1n) is 12.9. The SMILES string of the molecule is CC[C@H](C)NC(=O)[C@@H](C)N(Cc1ccc(F)cc1)C(=O)CN(c1ccc(C)c(C)c1)S(=O)(=O)c1ccccc1. The van der Waals surface area contributed by atoms with Gasteiger partial charge < -0.3 is 10.2 Å². The maximum absolute atomic E-state index is 13.9. The third kappa shape index (κ3) is 7.44. The molecule has 0 aliphatic heterocycles. The molecule has 0 saturated carbocycles. The van der Waals surface area contributed by atoms with Crippen molar-refractivity contribution in [2.24, 2.45) is 0 Å². The van der Waals surface area contributed by atoms with Crippen molar-refractivity contribution in [2.75, 3.05) is 10.8 Å². The van der Waals surface area contributed by atoms with E-state index in [0.717, 1.165) is 15.4 Å². The van der Waals surface area contributed by atoms with Gasteiger partial charge in [-0.1, -0.05) is 43.3 Å². The van der Waals surface area contributed by atoms with Crippen LogP contribution in [0.5, 0.6) is 0 Å². The number of hydrogen-bond acceptors (Lipinski definition) is 4. The third-order valence-electron chi connectivity index (χ3n) is 6.82. The van der Waals surface area contributed by atoms with Crippen LogP contribution in [-0.4, -0.2) is 43.8 Å². The van der Waals surface area contributed by atoms with Crippen LogP contribution in [0.3, 0.4) is 0 Å². The molecule has 0 bridgehead atoms. The fourth-order valence-corrected chi connectivity index (χ4v) is 5.39. The van der Waals surface area contributed by atoms with Crippen molar-refractivity contribution >= 4 is 27.5 Å². The maximum atomic E-state index is 13.9. The highest BCUT2D eigenvalue weighted by molar-refractivity contribution is 7.92. The molecule has 7 nitrogen and oxygen atoms in total. The zero-order valence-corrected chi connectivity index (χ0v) is 23.8. The van der Waals surface area contributed by atoms with Gasteiger partial charge in [0.1, 0.15) is 18.4 Å². The summed E-state index contributed by atoms with van der Waals surface area (Å²) < 4.78 is 42.2. The van der Waals surface area contributed by atoms with Crippen molar-refractivity contribution in [3.63, 3.8) is 0 Å². The minimum absolute atomic E-state index is 0.000353. The van der Waals surface area contributed by atoms with E-state index < -0.39 is 34.3 Å². The molecule has 3 rings (SSSR count). The van der Waals surface area contributed by atoms with E-state index in [4.69, 9.17) is 0 Å². The minimum atomic E-state index is -4.12. The first kappa shape index (κ1) is 29.8. The number of carbonyl (C=O) groups is 2. The van der Waals surface area contributed by atoms with E-state index in [1.54, 1.807) is 43.3 Å². The van der Waals surface area contributed by atoms with E-state index in [0.29, 0.717) is 17.7 Å². The third-order valence-corrected chi connectivity index (χ3v) is 8.61. The molecule has 0 aliphatic rings. The Morgan fingerprint density at radius 1 is 0.923 bits per heavy atom. The zero-order chi connectivity index (χ0) is 28.7. The Balaban J connectivity index is 2.03. The number of hydrogen-bond donors (Lipinski definition) is 1. The van der Waals surface area contributed by atoms with Crippen molar-refractivity contribution in [1.82, 2.24) is 10.2 Å². The van der Waals surface area contributed by atoms with Crippen LogP contribution in [0.15, 0.2) is 77.7 Å². The van der Waals surface area contributed by atoms with Crippen molar-refractivity contribution < 1.29 is 22.4 Å². The van der Waals surface area contributed by atoms with Crippen LogP contribution in [-0.2, 0) is 26.2 Å². The van der Waals surface area contributed by atoms with Gasteiger partial charge in [0, 0.05) is 12.6 Å². The second-order valence-electron chi connectivity index (χ2n) is 9.74.